The van der Waals surface area contributed by atoms with E-state index in [9.17, 15) is 0 Å². The van der Waals surface area contributed by atoms with Crippen LogP contribution in [-0.2, 0) is 5.41 Å². The molecule has 2 heterocycles. The number of hydrogen-bond donors (Lipinski definition) is 0. The topological polar surface area (TPSA) is 12.5 Å². The van der Waals surface area contributed by atoms with Crippen molar-refractivity contribution in [3.63, 3.8) is 0 Å². The van der Waals surface area contributed by atoms with Crippen molar-refractivity contribution < 1.29 is 4.74 Å². The summed E-state index contributed by atoms with van der Waals surface area (Å²) in [6.45, 7) is 4.63. The van der Waals surface area contributed by atoms with Crippen molar-refractivity contribution in [3.05, 3.63) is 199 Å². The first kappa shape index (κ1) is 32.2. The molecule has 258 valence electrons. The van der Waals surface area contributed by atoms with Gasteiger partial charge >= 0.3 is 0 Å². The molecule has 10 rings (SSSR count). The summed E-state index contributed by atoms with van der Waals surface area (Å²) in [6.07, 6.45) is 0. The number of hydrogen-bond acceptors (Lipinski definition) is 3. The first-order valence-corrected chi connectivity index (χ1v) is 19.3. The highest BCUT2D eigenvalue weighted by Gasteiger charge is 2.36. The van der Waals surface area contributed by atoms with E-state index in [0.717, 1.165) is 39.7 Å². The van der Waals surface area contributed by atoms with Gasteiger partial charge in [-0.25, -0.2) is 0 Å². The van der Waals surface area contributed by atoms with Gasteiger partial charge in [0.2, 0.25) is 0 Å². The van der Waals surface area contributed by atoms with Crippen LogP contribution in [-0.4, -0.2) is 0 Å². The molecule has 0 amide bonds. The minimum Gasteiger partial charge on any atom is -0.456 e. The number of anilines is 3. The van der Waals surface area contributed by atoms with Gasteiger partial charge in [-0.15, -0.1) is 11.3 Å². The summed E-state index contributed by atoms with van der Waals surface area (Å²) in [5.41, 5.74) is 12.6. The number of benzene rings is 8. The van der Waals surface area contributed by atoms with Gasteiger partial charge in [-0.2, -0.15) is 0 Å². The van der Waals surface area contributed by atoms with Crippen molar-refractivity contribution in [2.75, 3.05) is 4.90 Å². The van der Waals surface area contributed by atoms with Crippen molar-refractivity contribution in [1.29, 1.82) is 0 Å². The largest absolute Gasteiger partial charge is 0.456 e. The van der Waals surface area contributed by atoms with E-state index in [-0.39, 0.29) is 5.41 Å². The molecule has 0 spiro atoms. The Balaban J connectivity index is 1.01. The van der Waals surface area contributed by atoms with E-state index in [2.05, 4.69) is 207 Å². The molecule has 0 N–H and O–H groups in total. The molecule has 0 atom stereocenters. The average Bonchev–Trinajstić information content (AvgIpc) is 3.62. The predicted molar refractivity (Wildman–Crippen MR) is 229 cm³/mol. The Kier molecular flexibility index (Phi) is 7.71. The fourth-order valence-electron chi connectivity index (χ4n) is 8.06. The van der Waals surface area contributed by atoms with Crippen LogP contribution in [0.4, 0.5) is 17.1 Å². The molecule has 9 aromatic rings. The van der Waals surface area contributed by atoms with Gasteiger partial charge in [0.15, 0.2) is 0 Å². The van der Waals surface area contributed by atoms with E-state index >= 15 is 0 Å². The molecule has 8 aromatic carbocycles. The lowest BCUT2D eigenvalue weighted by molar-refractivity contribution is 0.423. The molecule has 3 heteroatoms. The Labute approximate surface area is 320 Å². The van der Waals surface area contributed by atoms with Gasteiger partial charge in [0.25, 0.3) is 0 Å². The monoisotopic (exact) mass is 711 g/mol. The van der Waals surface area contributed by atoms with Crippen molar-refractivity contribution >= 4 is 48.6 Å². The zero-order valence-electron chi connectivity index (χ0n) is 30.2. The first-order valence-electron chi connectivity index (χ1n) is 18.5. The molecule has 0 radical (unpaired) electrons. The van der Waals surface area contributed by atoms with Gasteiger partial charge in [0.1, 0.15) is 11.5 Å². The van der Waals surface area contributed by atoms with Crippen molar-refractivity contribution in [3.8, 4) is 44.9 Å². The molecule has 54 heavy (non-hydrogen) atoms. The highest BCUT2D eigenvalue weighted by atomic mass is 32.1. The SMILES string of the molecule is CC1(C)c2ccc(-c3ccc(N(c4ccc(-c5ccccc5)cc4)c4ccc(-c5ccccc5)cc4)cc3)cc2Oc2c1ccc1sc3ccccc3c21. The maximum Gasteiger partial charge on any atom is 0.140 e. The summed E-state index contributed by atoms with van der Waals surface area (Å²) in [6, 6.07) is 67.6. The van der Waals surface area contributed by atoms with E-state index < -0.39 is 0 Å². The van der Waals surface area contributed by atoms with Gasteiger partial charge in [-0.05, 0) is 88.0 Å². The number of thiophene rings is 1. The second-order valence-electron chi connectivity index (χ2n) is 14.6. The predicted octanol–water partition coefficient (Wildman–Crippen LogP) is 15.0. The number of rotatable bonds is 6. The van der Waals surface area contributed by atoms with Crippen molar-refractivity contribution in [2.45, 2.75) is 19.3 Å². The molecule has 1 aromatic heterocycles. The summed E-state index contributed by atoms with van der Waals surface area (Å²) < 4.78 is 9.46. The van der Waals surface area contributed by atoms with Crippen molar-refractivity contribution in [1.82, 2.24) is 0 Å². The first-order chi connectivity index (χ1) is 26.5. The lowest BCUT2D eigenvalue weighted by Crippen LogP contribution is -2.24. The standard InChI is InChI=1S/C51H37NOS/c1-51(2)44-30-23-39(33-46(44)53-50-45(51)31-32-48-49(50)43-15-9-10-16-47(43)54-48)38-21-28-42(29-22-38)52(40-24-17-36(18-25-40)34-11-5-3-6-12-34)41-26-19-37(20-27-41)35-13-7-4-8-14-35/h3-33H,1-2H3. The van der Waals surface area contributed by atoms with Gasteiger partial charge in [-0.1, -0.05) is 147 Å². The Morgan fingerprint density at radius 3 is 1.46 bits per heavy atom. The maximum atomic E-state index is 6.91. The third-order valence-corrected chi connectivity index (χ3v) is 12.1. The third kappa shape index (κ3) is 5.48. The number of nitrogens with zero attached hydrogens (tertiary/aromatic N) is 1. The number of ether oxygens (including phenoxy) is 1. The normalized spacial score (nSPS) is 12.9. The van der Waals surface area contributed by atoms with Crippen LogP contribution < -0.4 is 9.64 Å². The Morgan fingerprint density at radius 2 is 0.889 bits per heavy atom. The van der Waals surface area contributed by atoms with Crippen LogP contribution in [0.25, 0.3) is 53.6 Å². The summed E-state index contributed by atoms with van der Waals surface area (Å²) in [4.78, 5) is 2.33. The van der Waals surface area contributed by atoms with Crippen LogP contribution >= 0.6 is 11.3 Å². The van der Waals surface area contributed by atoms with Crippen molar-refractivity contribution in [2.24, 2.45) is 0 Å². The van der Waals surface area contributed by atoms with Gasteiger partial charge in [0.05, 0.1) is 0 Å². The molecule has 0 aliphatic carbocycles. The van der Waals surface area contributed by atoms with Crippen LogP contribution in [0.15, 0.2) is 188 Å². The summed E-state index contributed by atoms with van der Waals surface area (Å²) in [5.74, 6) is 1.91. The van der Waals surface area contributed by atoms with Crippen LogP contribution in [0.3, 0.4) is 0 Å². The average molecular weight is 712 g/mol. The van der Waals surface area contributed by atoms with E-state index in [1.165, 1.54) is 53.6 Å². The van der Waals surface area contributed by atoms with Gasteiger partial charge in [0, 0.05) is 53.8 Å². The lowest BCUT2D eigenvalue weighted by Gasteiger charge is -2.35. The lowest BCUT2D eigenvalue weighted by atomic mass is 9.75. The molecule has 2 nitrogen and oxygen atoms in total. The van der Waals surface area contributed by atoms with Crippen LogP contribution in [0.5, 0.6) is 11.5 Å². The molecule has 0 saturated carbocycles. The summed E-state index contributed by atoms with van der Waals surface area (Å²) in [7, 11) is 0. The zero-order chi connectivity index (χ0) is 36.2. The maximum absolute atomic E-state index is 6.91. The quantitative estimate of drug-likeness (QED) is 0.170. The van der Waals surface area contributed by atoms with Gasteiger partial charge in [-0.3, -0.25) is 0 Å². The Hall–Kier alpha value is -6.42. The molecule has 1 aliphatic rings. The molecular formula is C51H37NOS. The fraction of sp³-hybridized carbons (Fsp3) is 0.0588. The second-order valence-corrected chi connectivity index (χ2v) is 15.6. The summed E-state index contributed by atoms with van der Waals surface area (Å²) >= 11 is 1.83. The Bertz CT molecular complexity index is 2700. The minimum atomic E-state index is -0.199. The smallest absolute Gasteiger partial charge is 0.140 e. The number of fused-ring (bicyclic) bond motifs is 6. The Morgan fingerprint density at radius 1 is 0.426 bits per heavy atom. The van der Waals surface area contributed by atoms with Crippen LogP contribution in [0.2, 0.25) is 0 Å². The van der Waals surface area contributed by atoms with E-state index in [1.54, 1.807) is 0 Å². The van der Waals surface area contributed by atoms with Crippen LogP contribution in [0, 0.1) is 0 Å². The highest BCUT2D eigenvalue weighted by molar-refractivity contribution is 7.25. The third-order valence-electron chi connectivity index (χ3n) is 11.0. The van der Waals surface area contributed by atoms with E-state index in [1.807, 2.05) is 11.3 Å². The molecule has 0 unspecified atom stereocenters. The molecule has 0 saturated heterocycles. The molecule has 0 bridgehead atoms. The molecule has 0 fully saturated rings. The van der Waals surface area contributed by atoms with E-state index in [4.69, 9.17) is 4.74 Å². The highest BCUT2D eigenvalue weighted by Crippen LogP contribution is 2.53. The zero-order valence-corrected chi connectivity index (χ0v) is 31.0. The van der Waals surface area contributed by atoms with Crippen LogP contribution in [0.1, 0.15) is 25.0 Å². The fourth-order valence-corrected chi connectivity index (χ4v) is 9.16. The van der Waals surface area contributed by atoms with E-state index in [0.29, 0.717) is 0 Å². The van der Waals surface area contributed by atoms with Gasteiger partial charge < -0.3 is 9.64 Å². The molecule has 1 aliphatic heterocycles. The summed E-state index contributed by atoms with van der Waals surface area (Å²) in [5, 5.41) is 2.48. The molecular weight excluding hydrogens is 675 g/mol. The minimum absolute atomic E-state index is 0.199. The second kappa shape index (κ2) is 12.9.